The van der Waals surface area contributed by atoms with E-state index in [2.05, 4.69) is 20.4 Å². The number of para-hydroxylation sites is 2. The van der Waals surface area contributed by atoms with Crippen molar-refractivity contribution in [1.82, 2.24) is 19.6 Å². The number of hydrogen-bond donors (Lipinski definition) is 1. The van der Waals surface area contributed by atoms with Crippen LogP contribution in [-0.4, -0.2) is 26.7 Å². The van der Waals surface area contributed by atoms with Crippen molar-refractivity contribution in [2.45, 2.75) is 26.2 Å². The molecule has 0 spiro atoms. The Morgan fingerprint density at radius 2 is 2.05 bits per heavy atom. The van der Waals surface area contributed by atoms with Crippen LogP contribution in [0.5, 0.6) is 5.75 Å². The zero-order valence-electron chi connectivity index (χ0n) is 12.6. The molecule has 1 N–H and O–H groups in total. The molecular weight excluding hydrogens is 278 g/mol. The van der Waals surface area contributed by atoms with Gasteiger partial charge in [-0.3, -0.25) is 0 Å². The van der Waals surface area contributed by atoms with Gasteiger partial charge >= 0.3 is 0 Å². The average molecular weight is 295 g/mol. The van der Waals surface area contributed by atoms with Crippen LogP contribution in [0, 0.1) is 6.92 Å². The normalized spacial score (nSPS) is 13.4. The quantitative estimate of drug-likeness (QED) is 0.805. The molecule has 0 atom stereocenters. The lowest BCUT2D eigenvalue weighted by Gasteiger charge is -2.14. The summed E-state index contributed by atoms with van der Waals surface area (Å²) in [5, 5.41) is 7.96. The van der Waals surface area contributed by atoms with Crippen LogP contribution >= 0.6 is 0 Å². The van der Waals surface area contributed by atoms with Crippen LogP contribution in [0.1, 0.15) is 23.5 Å². The van der Waals surface area contributed by atoms with Gasteiger partial charge in [-0.15, -0.1) is 5.10 Å². The standard InChI is InChI=1S/C16H17N5O/c1-10-17-16-19-12-8-5-6-11(12)15(21(16)20-10)18-13-7-3-4-9-14(13)22-2/h3-4,7,9,18H,5-6,8H2,1-2H3. The minimum Gasteiger partial charge on any atom is -0.495 e. The average Bonchev–Trinajstić information content (AvgIpc) is 3.13. The fourth-order valence-electron chi connectivity index (χ4n) is 2.98. The molecule has 3 aromatic rings. The van der Waals surface area contributed by atoms with Gasteiger partial charge in [-0.05, 0) is 38.3 Å². The fraction of sp³-hybridized carbons (Fsp3) is 0.312. The predicted octanol–water partition coefficient (Wildman–Crippen LogP) is 2.67. The van der Waals surface area contributed by atoms with Crippen molar-refractivity contribution < 1.29 is 4.74 Å². The summed E-state index contributed by atoms with van der Waals surface area (Å²) in [6.45, 7) is 1.88. The molecule has 22 heavy (non-hydrogen) atoms. The predicted molar refractivity (Wildman–Crippen MR) is 83.8 cm³/mol. The van der Waals surface area contributed by atoms with E-state index in [1.165, 1.54) is 5.56 Å². The van der Waals surface area contributed by atoms with E-state index >= 15 is 0 Å². The van der Waals surface area contributed by atoms with Crippen molar-refractivity contribution in [3.8, 4) is 5.75 Å². The second-order valence-electron chi connectivity index (χ2n) is 5.44. The van der Waals surface area contributed by atoms with E-state index in [-0.39, 0.29) is 0 Å². The third kappa shape index (κ3) is 1.99. The van der Waals surface area contributed by atoms with Gasteiger partial charge in [-0.25, -0.2) is 4.98 Å². The Hall–Kier alpha value is -2.63. The lowest BCUT2D eigenvalue weighted by molar-refractivity contribution is 0.417. The molecule has 0 bridgehead atoms. The number of nitrogens with one attached hydrogen (secondary N) is 1. The van der Waals surface area contributed by atoms with Crippen LogP contribution in [0.4, 0.5) is 11.5 Å². The van der Waals surface area contributed by atoms with Crippen LogP contribution in [0.2, 0.25) is 0 Å². The number of aryl methyl sites for hydroxylation is 2. The first kappa shape index (κ1) is 13.1. The summed E-state index contributed by atoms with van der Waals surface area (Å²) in [5.41, 5.74) is 3.26. The van der Waals surface area contributed by atoms with E-state index in [0.717, 1.165) is 48.0 Å². The van der Waals surface area contributed by atoms with Crippen molar-refractivity contribution in [3.05, 3.63) is 41.3 Å². The molecule has 0 unspecified atom stereocenters. The van der Waals surface area contributed by atoms with Crippen LogP contribution in [-0.2, 0) is 12.8 Å². The fourth-order valence-corrected chi connectivity index (χ4v) is 2.98. The number of rotatable bonds is 3. The van der Waals surface area contributed by atoms with Crippen LogP contribution in [0.15, 0.2) is 24.3 Å². The summed E-state index contributed by atoms with van der Waals surface area (Å²) >= 11 is 0. The zero-order chi connectivity index (χ0) is 15.1. The van der Waals surface area contributed by atoms with Crippen molar-refractivity contribution in [3.63, 3.8) is 0 Å². The highest BCUT2D eigenvalue weighted by Crippen LogP contribution is 2.33. The Bertz CT molecular complexity index is 855. The summed E-state index contributed by atoms with van der Waals surface area (Å²) in [5.74, 6) is 3.12. The molecule has 0 amide bonds. The Kier molecular flexibility index (Phi) is 2.96. The molecule has 1 aliphatic carbocycles. The number of hydrogen-bond acceptors (Lipinski definition) is 5. The van der Waals surface area contributed by atoms with E-state index in [0.29, 0.717) is 5.78 Å². The van der Waals surface area contributed by atoms with Gasteiger partial charge in [-0.1, -0.05) is 12.1 Å². The molecule has 112 valence electrons. The molecule has 2 heterocycles. The van der Waals surface area contributed by atoms with Gasteiger partial charge < -0.3 is 10.1 Å². The van der Waals surface area contributed by atoms with E-state index in [4.69, 9.17) is 4.74 Å². The largest absolute Gasteiger partial charge is 0.495 e. The maximum absolute atomic E-state index is 5.43. The van der Waals surface area contributed by atoms with Gasteiger partial charge in [0.25, 0.3) is 5.78 Å². The second-order valence-corrected chi connectivity index (χ2v) is 5.44. The third-order valence-electron chi connectivity index (χ3n) is 3.98. The van der Waals surface area contributed by atoms with Gasteiger partial charge in [0.2, 0.25) is 0 Å². The van der Waals surface area contributed by atoms with E-state index in [1.54, 1.807) is 11.6 Å². The number of benzene rings is 1. The van der Waals surface area contributed by atoms with Crippen molar-refractivity contribution in [1.29, 1.82) is 0 Å². The number of methoxy groups -OCH3 is 1. The summed E-state index contributed by atoms with van der Waals surface area (Å²) < 4.78 is 7.23. The molecule has 0 radical (unpaired) electrons. The molecular formula is C16H17N5O. The van der Waals surface area contributed by atoms with Crippen molar-refractivity contribution in [2.75, 3.05) is 12.4 Å². The van der Waals surface area contributed by atoms with Gasteiger partial charge in [0.15, 0.2) is 0 Å². The van der Waals surface area contributed by atoms with Gasteiger partial charge in [-0.2, -0.15) is 9.50 Å². The zero-order valence-corrected chi connectivity index (χ0v) is 12.6. The monoisotopic (exact) mass is 295 g/mol. The summed E-state index contributed by atoms with van der Waals surface area (Å²) in [6.07, 6.45) is 3.13. The minimum absolute atomic E-state index is 0.649. The van der Waals surface area contributed by atoms with E-state index in [9.17, 15) is 0 Å². The molecule has 0 aliphatic heterocycles. The molecule has 0 fully saturated rings. The molecule has 1 aliphatic rings. The topological polar surface area (TPSA) is 64.3 Å². The van der Waals surface area contributed by atoms with E-state index < -0.39 is 0 Å². The van der Waals surface area contributed by atoms with Crippen LogP contribution in [0.3, 0.4) is 0 Å². The molecule has 0 saturated heterocycles. The smallest absolute Gasteiger partial charge is 0.254 e. The number of aromatic nitrogens is 4. The Labute approximate surface area is 128 Å². The lowest BCUT2D eigenvalue weighted by Crippen LogP contribution is -2.07. The highest BCUT2D eigenvalue weighted by molar-refractivity contribution is 5.68. The highest BCUT2D eigenvalue weighted by Gasteiger charge is 2.22. The van der Waals surface area contributed by atoms with Crippen molar-refractivity contribution in [2.24, 2.45) is 0 Å². The van der Waals surface area contributed by atoms with E-state index in [1.807, 2.05) is 31.2 Å². The summed E-state index contributed by atoms with van der Waals surface area (Å²) in [7, 11) is 1.67. The highest BCUT2D eigenvalue weighted by atomic mass is 16.5. The maximum atomic E-state index is 5.43. The number of ether oxygens (including phenoxy) is 1. The minimum atomic E-state index is 0.649. The molecule has 1 aromatic carbocycles. The molecule has 4 rings (SSSR count). The second kappa shape index (κ2) is 4.98. The Morgan fingerprint density at radius 1 is 1.18 bits per heavy atom. The third-order valence-corrected chi connectivity index (χ3v) is 3.98. The van der Waals surface area contributed by atoms with Gasteiger partial charge in [0.1, 0.15) is 17.4 Å². The number of nitrogens with zero attached hydrogens (tertiary/aromatic N) is 4. The van der Waals surface area contributed by atoms with Crippen molar-refractivity contribution >= 4 is 17.3 Å². The first-order valence-corrected chi connectivity index (χ1v) is 7.41. The summed E-state index contributed by atoms with van der Waals surface area (Å²) in [6, 6.07) is 7.87. The molecule has 6 heteroatoms. The molecule has 2 aromatic heterocycles. The number of fused-ring (bicyclic) bond motifs is 2. The lowest BCUT2D eigenvalue weighted by atomic mass is 10.2. The first-order valence-electron chi connectivity index (χ1n) is 7.41. The first-order chi connectivity index (χ1) is 10.8. The van der Waals surface area contributed by atoms with Crippen LogP contribution in [0.25, 0.3) is 5.78 Å². The number of anilines is 2. The molecule has 6 nitrogen and oxygen atoms in total. The van der Waals surface area contributed by atoms with Gasteiger partial charge in [0, 0.05) is 5.56 Å². The van der Waals surface area contributed by atoms with Crippen LogP contribution < -0.4 is 10.1 Å². The Morgan fingerprint density at radius 3 is 2.91 bits per heavy atom. The maximum Gasteiger partial charge on any atom is 0.254 e. The molecule has 0 saturated carbocycles. The Balaban J connectivity index is 1.90. The SMILES string of the molecule is COc1ccccc1Nc1c2c(nc3nc(C)nn13)CCC2. The summed E-state index contributed by atoms with van der Waals surface area (Å²) in [4.78, 5) is 9.04. The van der Waals surface area contributed by atoms with Gasteiger partial charge in [0.05, 0.1) is 18.5 Å².